The standard InChI is InChI=1S/C26H36N2O3S/c1-6-20(5)28(25(29)15-18(2)3)16-26(30)27-13-11-24-22(12-14-32-24)23(27)17-31-21-9-7-19(4)8-10-21/h7-10,12,14,18,20,23H,6,11,13,15-17H2,1-5H3/t20-,23-/m1/s1. The van der Waals surface area contributed by atoms with Crippen LogP contribution in [0, 0.1) is 12.8 Å². The van der Waals surface area contributed by atoms with Gasteiger partial charge in [-0.2, -0.15) is 0 Å². The molecule has 0 saturated carbocycles. The molecule has 2 heterocycles. The smallest absolute Gasteiger partial charge is 0.242 e. The Balaban J connectivity index is 1.77. The maximum atomic E-state index is 13.5. The number of nitrogens with zero attached hydrogens (tertiary/aromatic N) is 2. The number of benzene rings is 1. The Bertz CT molecular complexity index is 906. The summed E-state index contributed by atoms with van der Waals surface area (Å²) in [5.74, 6) is 1.13. The number of amides is 2. The number of rotatable bonds is 9. The fourth-order valence-corrected chi connectivity index (χ4v) is 5.03. The lowest BCUT2D eigenvalue weighted by Gasteiger charge is -2.38. The SMILES string of the molecule is CC[C@@H](C)N(CC(=O)N1CCc2sccc2[C@H]1COc1ccc(C)cc1)C(=O)CC(C)C. The first-order valence-corrected chi connectivity index (χ1v) is 12.5. The molecular weight excluding hydrogens is 420 g/mol. The first kappa shape index (κ1) is 24.3. The highest BCUT2D eigenvalue weighted by Crippen LogP contribution is 2.34. The van der Waals surface area contributed by atoms with Crippen LogP contribution in [-0.4, -0.2) is 47.4 Å². The van der Waals surface area contributed by atoms with Crippen LogP contribution in [0.2, 0.25) is 0 Å². The second kappa shape index (κ2) is 11.0. The van der Waals surface area contributed by atoms with Crippen LogP contribution in [0.5, 0.6) is 5.75 Å². The van der Waals surface area contributed by atoms with Gasteiger partial charge in [-0.05, 0) is 61.7 Å². The molecule has 5 nitrogen and oxygen atoms in total. The van der Waals surface area contributed by atoms with Crippen molar-refractivity contribution in [2.24, 2.45) is 5.92 Å². The van der Waals surface area contributed by atoms with E-state index in [0.29, 0.717) is 19.6 Å². The summed E-state index contributed by atoms with van der Waals surface area (Å²) in [6.45, 7) is 11.4. The van der Waals surface area contributed by atoms with Crippen molar-refractivity contribution in [1.82, 2.24) is 9.80 Å². The van der Waals surface area contributed by atoms with Crippen LogP contribution in [0.15, 0.2) is 35.7 Å². The fraction of sp³-hybridized carbons (Fsp3) is 0.538. The number of hydrogen-bond acceptors (Lipinski definition) is 4. The molecule has 0 unspecified atom stereocenters. The minimum Gasteiger partial charge on any atom is -0.491 e. The molecule has 1 aromatic heterocycles. The quantitative estimate of drug-likeness (QED) is 0.519. The number of hydrogen-bond donors (Lipinski definition) is 0. The zero-order valence-corrected chi connectivity index (χ0v) is 20.8. The summed E-state index contributed by atoms with van der Waals surface area (Å²) in [4.78, 5) is 31.4. The molecule has 1 aliphatic rings. The highest BCUT2D eigenvalue weighted by atomic mass is 32.1. The van der Waals surface area contributed by atoms with E-state index in [0.717, 1.165) is 18.6 Å². The van der Waals surface area contributed by atoms with E-state index in [9.17, 15) is 9.59 Å². The molecule has 0 fully saturated rings. The Morgan fingerprint density at radius 2 is 1.91 bits per heavy atom. The first-order chi connectivity index (χ1) is 15.3. The van der Waals surface area contributed by atoms with Crippen LogP contribution in [-0.2, 0) is 16.0 Å². The van der Waals surface area contributed by atoms with Gasteiger partial charge in [-0.3, -0.25) is 9.59 Å². The van der Waals surface area contributed by atoms with Crippen LogP contribution in [0.4, 0.5) is 0 Å². The summed E-state index contributed by atoms with van der Waals surface area (Å²) in [6, 6.07) is 9.99. The van der Waals surface area contributed by atoms with Crippen molar-refractivity contribution in [3.63, 3.8) is 0 Å². The maximum Gasteiger partial charge on any atom is 0.242 e. The Morgan fingerprint density at radius 3 is 2.56 bits per heavy atom. The number of carbonyl (C=O) groups excluding carboxylic acids is 2. The van der Waals surface area contributed by atoms with E-state index in [2.05, 4.69) is 18.4 Å². The van der Waals surface area contributed by atoms with Gasteiger partial charge < -0.3 is 14.5 Å². The molecule has 1 aromatic carbocycles. The molecule has 0 saturated heterocycles. The molecular formula is C26H36N2O3S. The van der Waals surface area contributed by atoms with Gasteiger partial charge in [0.1, 0.15) is 18.9 Å². The third-order valence-electron chi connectivity index (χ3n) is 6.18. The van der Waals surface area contributed by atoms with Gasteiger partial charge in [0.2, 0.25) is 11.8 Å². The summed E-state index contributed by atoms with van der Waals surface area (Å²) < 4.78 is 6.11. The Morgan fingerprint density at radius 1 is 1.19 bits per heavy atom. The van der Waals surface area contributed by atoms with Crippen molar-refractivity contribution < 1.29 is 14.3 Å². The van der Waals surface area contributed by atoms with Crippen molar-refractivity contribution >= 4 is 23.2 Å². The number of ether oxygens (including phenoxy) is 1. The van der Waals surface area contributed by atoms with Gasteiger partial charge in [-0.15, -0.1) is 11.3 Å². The Hall–Kier alpha value is -2.34. The average Bonchev–Trinajstić information content (AvgIpc) is 3.24. The molecule has 0 spiro atoms. The van der Waals surface area contributed by atoms with Crippen LogP contribution in [0.3, 0.4) is 0 Å². The van der Waals surface area contributed by atoms with E-state index in [4.69, 9.17) is 4.74 Å². The van der Waals surface area contributed by atoms with E-state index in [1.807, 2.05) is 56.9 Å². The highest BCUT2D eigenvalue weighted by molar-refractivity contribution is 7.10. The third kappa shape index (κ3) is 5.91. The molecule has 6 heteroatoms. The van der Waals surface area contributed by atoms with Gasteiger partial charge in [0, 0.05) is 23.9 Å². The lowest BCUT2D eigenvalue weighted by molar-refractivity contribution is -0.144. The molecule has 2 atom stereocenters. The summed E-state index contributed by atoms with van der Waals surface area (Å²) in [6.07, 6.45) is 2.14. The number of carbonyl (C=O) groups is 2. The Labute approximate surface area is 196 Å². The number of fused-ring (bicyclic) bond motifs is 1. The summed E-state index contributed by atoms with van der Waals surface area (Å²) in [5.41, 5.74) is 2.36. The lowest BCUT2D eigenvalue weighted by atomic mass is 10.00. The minimum absolute atomic E-state index is 0.00300. The minimum atomic E-state index is -0.141. The highest BCUT2D eigenvalue weighted by Gasteiger charge is 2.34. The van der Waals surface area contributed by atoms with Gasteiger partial charge in [0.15, 0.2) is 0 Å². The van der Waals surface area contributed by atoms with Crippen LogP contribution < -0.4 is 4.74 Å². The van der Waals surface area contributed by atoms with Crippen LogP contribution in [0.1, 0.15) is 62.6 Å². The topological polar surface area (TPSA) is 49.9 Å². The van der Waals surface area contributed by atoms with E-state index in [1.54, 1.807) is 16.2 Å². The van der Waals surface area contributed by atoms with Crippen LogP contribution >= 0.6 is 11.3 Å². The predicted octanol–water partition coefficient (Wildman–Crippen LogP) is 5.23. The zero-order valence-electron chi connectivity index (χ0n) is 20.0. The molecule has 2 aromatic rings. The normalized spacial score (nSPS) is 16.6. The molecule has 1 aliphatic heterocycles. The predicted molar refractivity (Wildman–Crippen MR) is 130 cm³/mol. The van der Waals surface area contributed by atoms with E-state index in [-0.39, 0.29) is 36.4 Å². The molecule has 2 amide bonds. The van der Waals surface area contributed by atoms with Gasteiger partial charge in [-0.25, -0.2) is 0 Å². The summed E-state index contributed by atoms with van der Waals surface area (Å²) >= 11 is 1.74. The van der Waals surface area contributed by atoms with Gasteiger partial charge in [0.25, 0.3) is 0 Å². The number of aryl methyl sites for hydroxylation is 1. The average molecular weight is 457 g/mol. The van der Waals surface area contributed by atoms with Crippen molar-refractivity contribution in [2.45, 2.75) is 66.0 Å². The van der Waals surface area contributed by atoms with Crippen molar-refractivity contribution in [1.29, 1.82) is 0 Å². The monoisotopic (exact) mass is 456 g/mol. The maximum absolute atomic E-state index is 13.5. The first-order valence-electron chi connectivity index (χ1n) is 11.6. The molecule has 0 radical (unpaired) electrons. The fourth-order valence-electron chi connectivity index (χ4n) is 4.10. The van der Waals surface area contributed by atoms with Gasteiger partial charge in [-0.1, -0.05) is 38.5 Å². The van der Waals surface area contributed by atoms with Gasteiger partial charge >= 0.3 is 0 Å². The largest absolute Gasteiger partial charge is 0.491 e. The third-order valence-corrected chi connectivity index (χ3v) is 7.17. The summed E-state index contributed by atoms with van der Waals surface area (Å²) in [7, 11) is 0. The Kier molecular flexibility index (Phi) is 8.35. The molecule has 0 bridgehead atoms. The molecule has 3 rings (SSSR count). The lowest BCUT2D eigenvalue weighted by Crippen LogP contribution is -2.50. The molecule has 174 valence electrons. The van der Waals surface area contributed by atoms with E-state index in [1.165, 1.54) is 16.0 Å². The molecule has 0 N–H and O–H groups in total. The van der Waals surface area contributed by atoms with Crippen molar-refractivity contribution in [2.75, 3.05) is 19.7 Å². The second-order valence-corrected chi connectivity index (χ2v) is 10.2. The van der Waals surface area contributed by atoms with Crippen molar-refractivity contribution in [3.8, 4) is 5.75 Å². The molecule has 32 heavy (non-hydrogen) atoms. The zero-order chi connectivity index (χ0) is 23.3. The van der Waals surface area contributed by atoms with E-state index < -0.39 is 0 Å². The second-order valence-electron chi connectivity index (χ2n) is 9.15. The summed E-state index contributed by atoms with van der Waals surface area (Å²) in [5, 5.41) is 2.09. The van der Waals surface area contributed by atoms with Crippen molar-refractivity contribution in [3.05, 3.63) is 51.7 Å². The molecule has 0 aliphatic carbocycles. The van der Waals surface area contributed by atoms with Crippen LogP contribution in [0.25, 0.3) is 0 Å². The number of thiophene rings is 1. The van der Waals surface area contributed by atoms with E-state index >= 15 is 0 Å². The van der Waals surface area contributed by atoms with Gasteiger partial charge in [0.05, 0.1) is 6.04 Å².